The highest BCUT2D eigenvalue weighted by atomic mass is 35.5. The first-order chi connectivity index (χ1) is 9.20. The minimum absolute atomic E-state index is 0. The zero-order valence-electron chi connectivity index (χ0n) is 11.7. The van der Waals surface area contributed by atoms with Gasteiger partial charge in [0.25, 0.3) is 0 Å². The molecule has 1 saturated heterocycles. The number of carbonyl (C=O) groups is 1. The predicted molar refractivity (Wildman–Crippen MR) is 85.5 cm³/mol. The monoisotopic (exact) mass is 316 g/mol. The lowest BCUT2D eigenvalue weighted by molar-refractivity contribution is -0.126. The second-order valence-corrected chi connectivity index (χ2v) is 5.49. The molecule has 1 heterocycles. The van der Waals surface area contributed by atoms with E-state index in [1.807, 2.05) is 24.3 Å². The molecule has 112 valence electrons. The summed E-state index contributed by atoms with van der Waals surface area (Å²) in [7, 11) is 0. The van der Waals surface area contributed by atoms with Gasteiger partial charge in [-0.25, -0.2) is 0 Å². The second kappa shape index (κ2) is 8.50. The van der Waals surface area contributed by atoms with Crippen molar-refractivity contribution in [1.82, 2.24) is 10.6 Å². The maximum absolute atomic E-state index is 12.3. The summed E-state index contributed by atoms with van der Waals surface area (Å²) in [6.07, 6.45) is 2.73. The molecule has 1 aliphatic heterocycles. The Balaban J connectivity index is 0.00000200. The summed E-state index contributed by atoms with van der Waals surface area (Å²) in [4.78, 5) is 12.3. The van der Waals surface area contributed by atoms with E-state index in [-0.39, 0.29) is 30.3 Å². The highest BCUT2D eigenvalue weighted by molar-refractivity contribution is 6.30. The molecule has 0 aromatic heterocycles. The van der Waals surface area contributed by atoms with Crippen LogP contribution in [0.1, 0.15) is 37.8 Å². The van der Waals surface area contributed by atoms with Crippen LogP contribution >= 0.6 is 24.0 Å². The third kappa shape index (κ3) is 4.65. The largest absolute Gasteiger partial charge is 0.349 e. The average molecular weight is 317 g/mol. The number of amides is 1. The van der Waals surface area contributed by atoms with E-state index in [2.05, 4.69) is 17.6 Å². The Hall–Kier alpha value is -0.770. The van der Waals surface area contributed by atoms with Gasteiger partial charge >= 0.3 is 0 Å². The molecule has 0 saturated carbocycles. The normalized spacial score (nSPS) is 17.1. The minimum Gasteiger partial charge on any atom is -0.349 e. The molecule has 5 heteroatoms. The number of hydrogen-bond donors (Lipinski definition) is 2. The summed E-state index contributed by atoms with van der Waals surface area (Å²) < 4.78 is 0. The summed E-state index contributed by atoms with van der Waals surface area (Å²) in [6.45, 7) is 3.95. The van der Waals surface area contributed by atoms with Crippen LogP contribution in [0.15, 0.2) is 24.3 Å². The predicted octanol–water partition coefficient (Wildman–Crippen LogP) is 3.33. The molecule has 20 heavy (non-hydrogen) atoms. The zero-order valence-corrected chi connectivity index (χ0v) is 13.3. The first kappa shape index (κ1) is 17.3. The molecule has 0 aliphatic carbocycles. The molecule has 1 aromatic carbocycles. The van der Waals surface area contributed by atoms with Crippen molar-refractivity contribution >= 4 is 29.9 Å². The lowest BCUT2D eigenvalue weighted by Gasteiger charge is -2.25. The van der Waals surface area contributed by atoms with Crippen molar-refractivity contribution < 1.29 is 4.79 Å². The number of carbonyl (C=O) groups excluding carboxylic acids is 1. The molecule has 2 N–H and O–H groups in total. The molecule has 1 atom stereocenters. The second-order valence-electron chi connectivity index (χ2n) is 5.05. The van der Waals surface area contributed by atoms with Gasteiger partial charge in [0.05, 0.1) is 6.04 Å². The molecular weight excluding hydrogens is 295 g/mol. The number of piperidine rings is 1. The van der Waals surface area contributed by atoms with Crippen molar-refractivity contribution in [3.63, 3.8) is 0 Å². The third-order valence-corrected chi connectivity index (χ3v) is 3.92. The molecule has 0 bridgehead atoms. The van der Waals surface area contributed by atoms with E-state index in [1.165, 1.54) is 0 Å². The SMILES string of the molecule is CCC(NC(=O)C1CCNCC1)c1cccc(Cl)c1.Cl. The van der Waals surface area contributed by atoms with Crippen molar-refractivity contribution in [1.29, 1.82) is 0 Å². The van der Waals surface area contributed by atoms with Gasteiger partial charge in [-0.05, 0) is 50.0 Å². The van der Waals surface area contributed by atoms with Crippen LogP contribution < -0.4 is 10.6 Å². The number of rotatable bonds is 4. The molecule has 1 amide bonds. The van der Waals surface area contributed by atoms with E-state index in [1.54, 1.807) is 0 Å². The van der Waals surface area contributed by atoms with Gasteiger partial charge in [-0.1, -0.05) is 30.7 Å². The van der Waals surface area contributed by atoms with E-state index < -0.39 is 0 Å². The molecule has 3 nitrogen and oxygen atoms in total. The van der Waals surface area contributed by atoms with Crippen LogP contribution in [0.5, 0.6) is 0 Å². The first-order valence-electron chi connectivity index (χ1n) is 6.97. The maximum Gasteiger partial charge on any atom is 0.223 e. The highest BCUT2D eigenvalue weighted by Crippen LogP contribution is 2.22. The van der Waals surface area contributed by atoms with Gasteiger partial charge in [0.1, 0.15) is 0 Å². The molecule has 2 rings (SSSR count). The summed E-state index contributed by atoms with van der Waals surface area (Å²) in [5.41, 5.74) is 1.08. The van der Waals surface area contributed by atoms with Crippen molar-refractivity contribution in [2.75, 3.05) is 13.1 Å². The maximum atomic E-state index is 12.3. The fourth-order valence-corrected chi connectivity index (χ4v) is 2.72. The molecule has 1 unspecified atom stereocenters. The topological polar surface area (TPSA) is 41.1 Å². The van der Waals surface area contributed by atoms with Gasteiger partial charge in [-0.3, -0.25) is 4.79 Å². The van der Waals surface area contributed by atoms with E-state index in [0.717, 1.165) is 37.9 Å². The summed E-state index contributed by atoms with van der Waals surface area (Å²) >= 11 is 6.01. The average Bonchev–Trinajstić information content (AvgIpc) is 2.45. The lowest BCUT2D eigenvalue weighted by Crippen LogP contribution is -2.39. The van der Waals surface area contributed by atoms with Crippen LogP contribution in [0.4, 0.5) is 0 Å². The number of benzene rings is 1. The molecule has 1 fully saturated rings. The fourth-order valence-electron chi connectivity index (χ4n) is 2.52. The summed E-state index contributed by atoms with van der Waals surface area (Å²) in [6, 6.07) is 7.78. The Morgan fingerprint density at radius 1 is 1.45 bits per heavy atom. The quantitative estimate of drug-likeness (QED) is 0.894. The number of nitrogens with one attached hydrogen (secondary N) is 2. The van der Waals surface area contributed by atoms with Gasteiger partial charge in [0.15, 0.2) is 0 Å². The lowest BCUT2D eigenvalue weighted by atomic mass is 9.96. The van der Waals surface area contributed by atoms with Gasteiger partial charge in [-0.2, -0.15) is 0 Å². The summed E-state index contributed by atoms with van der Waals surface area (Å²) in [5, 5.41) is 7.15. The van der Waals surface area contributed by atoms with Crippen LogP contribution in [0.3, 0.4) is 0 Å². The number of halogens is 2. The van der Waals surface area contributed by atoms with Crippen LogP contribution in [0.2, 0.25) is 5.02 Å². The molecule has 1 aromatic rings. The van der Waals surface area contributed by atoms with Crippen molar-refractivity contribution in [2.45, 2.75) is 32.2 Å². The van der Waals surface area contributed by atoms with Crippen LogP contribution in [0.25, 0.3) is 0 Å². The first-order valence-corrected chi connectivity index (χ1v) is 7.35. The van der Waals surface area contributed by atoms with Crippen LogP contribution in [-0.4, -0.2) is 19.0 Å². The number of hydrogen-bond acceptors (Lipinski definition) is 2. The fraction of sp³-hybridized carbons (Fsp3) is 0.533. The molecule has 1 aliphatic rings. The van der Waals surface area contributed by atoms with E-state index in [9.17, 15) is 4.79 Å². The van der Waals surface area contributed by atoms with Crippen LogP contribution in [-0.2, 0) is 4.79 Å². The Bertz CT molecular complexity index is 434. The van der Waals surface area contributed by atoms with Gasteiger partial charge in [0, 0.05) is 10.9 Å². The summed E-state index contributed by atoms with van der Waals surface area (Å²) in [5.74, 6) is 0.322. The minimum atomic E-state index is 0. The van der Waals surface area contributed by atoms with Gasteiger partial charge < -0.3 is 10.6 Å². The van der Waals surface area contributed by atoms with Gasteiger partial charge in [-0.15, -0.1) is 12.4 Å². The Morgan fingerprint density at radius 2 is 2.15 bits per heavy atom. The van der Waals surface area contributed by atoms with Crippen molar-refractivity contribution in [3.8, 4) is 0 Å². The van der Waals surface area contributed by atoms with Crippen molar-refractivity contribution in [2.24, 2.45) is 5.92 Å². The highest BCUT2D eigenvalue weighted by Gasteiger charge is 2.23. The molecular formula is C15H22Cl2N2O. The van der Waals surface area contributed by atoms with Crippen molar-refractivity contribution in [3.05, 3.63) is 34.9 Å². The molecule has 0 radical (unpaired) electrons. The smallest absolute Gasteiger partial charge is 0.223 e. The Kier molecular flexibility index (Phi) is 7.35. The standard InChI is InChI=1S/C15H21ClN2O.ClH/c1-2-14(12-4-3-5-13(16)10-12)18-15(19)11-6-8-17-9-7-11;/h3-5,10-11,14,17H,2,6-9H2,1H3,(H,18,19);1H. The molecule has 0 spiro atoms. The van der Waals surface area contributed by atoms with E-state index in [4.69, 9.17) is 11.6 Å². The van der Waals surface area contributed by atoms with Crippen LogP contribution in [0, 0.1) is 5.92 Å². The van der Waals surface area contributed by atoms with Gasteiger partial charge in [0.2, 0.25) is 5.91 Å². The Labute approximate surface area is 131 Å². The zero-order chi connectivity index (χ0) is 13.7. The van der Waals surface area contributed by atoms with E-state index in [0.29, 0.717) is 5.02 Å². The van der Waals surface area contributed by atoms with E-state index >= 15 is 0 Å². The Morgan fingerprint density at radius 3 is 2.75 bits per heavy atom. The third-order valence-electron chi connectivity index (χ3n) is 3.69.